The van der Waals surface area contributed by atoms with Crippen LogP contribution in [0.5, 0.6) is 0 Å². The molecule has 1 saturated carbocycles. The molecule has 19 heavy (non-hydrogen) atoms. The van der Waals surface area contributed by atoms with Gasteiger partial charge in [0.15, 0.2) is 0 Å². The molecule has 5 nitrogen and oxygen atoms in total. The van der Waals surface area contributed by atoms with Crippen LogP contribution in [0.15, 0.2) is 0 Å². The number of aliphatic hydroxyl groups is 1. The van der Waals surface area contributed by atoms with Crippen molar-refractivity contribution >= 4 is 0 Å². The molecule has 0 saturated heterocycles. The molecule has 2 unspecified atom stereocenters. The van der Waals surface area contributed by atoms with E-state index in [1.165, 1.54) is 12.8 Å². The average molecular weight is 275 g/mol. The van der Waals surface area contributed by atoms with Crippen molar-refractivity contribution in [3.63, 3.8) is 0 Å². The van der Waals surface area contributed by atoms with E-state index in [9.17, 15) is 5.11 Å². The molecule has 1 aliphatic rings. The van der Waals surface area contributed by atoms with E-state index in [1.54, 1.807) is 7.11 Å². The van der Waals surface area contributed by atoms with Crippen LogP contribution >= 0.6 is 0 Å². The summed E-state index contributed by atoms with van der Waals surface area (Å²) in [5, 5.41) is 12.9. The Morgan fingerprint density at radius 3 is 2.47 bits per heavy atom. The predicted molar refractivity (Wildman–Crippen MR) is 74.3 cm³/mol. The van der Waals surface area contributed by atoms with Gasteiger partial charge in [-0.2, -0.15) is 0 Å². The number of methoxy groups -OCH3 is 1. The maximum Gasteiger partial charge on any atom is 0.0701 e. The number of rotatable bonds is 11. The molecule has 2 atom stereocenters. The maximum absolute atomic E-state index is 9.57. The van der Waals surface area contributed by atoms with E-state index in [1.807, 2.05) is 7.05 Å². The summed E-state index contributed by atoms with van der Waals surface area (Å²) in [6.07, 6.45) is 4.42. The summed E-state index contributed by atoms with van der Waals surface area (Å²) in [5.74, 6) is 0.511. The summed E-state index contributed by atoms with van der Waals surface area (Å²) in [6.45, 7) is 3.45. The lowest BCUT2D eigenvalue weighted by atomic mass is 9.86. The van der Waals surface area contributed by atoms with Crippen LogP contribution in [0.3, 0.4) is 0 Å². The Hall–Kier alpha value is -0.200. The first-order chi connectivity index (χ1) is 9.29. The quantitative estimate of drug-likeness (QED) is 0.546. The lowest BCUT2D eigenvalue weighted by molar-refractivity contribution is 0.0176. The minimum absolute atomic E-state index is 0.0850. The van der Waals surface area contributed by atoms with E-state index in [-0.39, 0.29) is 12.1 Å². The minimum atomic E-state index is -0.0850. The SMILES string of the molecule is CNC1(CO)CCCC1CCOCCOCCOC. The van der Waals surface area contributed by atoms with Crippen molar-refractivity contribution in [1.82, 2.24) is 5.32 Å². The Labute approximate surface area is 116 Å². The first-order valence-corrected chi connectivity index (χ1v) is 7.23. The molecule has 0 spiro atoms. The molecule has 2 N–H and O–H groups in total. The third kappa shape index (κ3) is 5.36. The van der Waals surface area contributed by atoms with Gasteiger partial charge in [-0.15, -0.1) is 0 Å². The van der Waals surface area contributed by atoms with Crippen LogP contribution in [0.4, 0.5) is 0 Å². The lowest BCUT2D eigenvalue weighted by Crippen LogP contribution is -2.49. The van der Waals surface area contributed by atoms with Crippen molar-refractivity contribution in [2.45, 2.75) is 31.2 Å². The van der Waals surface area contributed by atoms with Crippen molar-refractivity contribution in [2.75, 3.05) is 53.8 Å². The van der Waals surface area contributed by atoms with Gasteiger partial charge in [0.25, 0.3) is 0 Å². The molecule has 0 radical (unpaired) electrons. The number of nitrogens with one attached hydrogen (secondary N) is 1. The molecule has 1 rings (SSSR count). The van der Waals surface area contributed by atoms with E-state index < -0.39 is 0 Å². The molecule has 0 bridgehead atoms. The monoisotopic (exact) mass is 275 g/mol. The summed E-state index contributed by atoms with van der Waals surface area (Å²) < 4.78 is 15.8. The molecular weight excluding hydrogens is 246 g/mol. The number of hydrogen-bond acceptors (Lipinski definition) is 5. The second-order valence-electron chi connectivity index (χ2n) is 5.16. The Kier molecular flexibility index (Phi) is 8.57. The molecule has 0 aromatic carbocycles. The van der Waals surface area contributed by atoms with Gasteiger partial charge in [0, 0.05) is 19.3 Å². The second kappa shape index (κ2) is 9.66. The van der Waals surface area contributed by atoms with Crippen molar-refractivity contribution in [3.05, 3.63) is 0 Å². The Bertz CT molecular complexity index is 221. The zero-order valence-corrected chi connectivity index (χ0v) is 12.3. The van der Waals surface area contributed by atoms with Gasteiger partial charge >= 0.3 is 0 Å². The number of likely N-dealkylation sites (N-methyl/N-ethyl adjacent to an activating group) is 1. The van der Waals surface area contributed by atoms with Crippen LogP contribution in [0.25, 0.3) is 0 Å². The van der Waals surface area contributed by atoms with Crippen LogP contribution in [0.2, 0.25) is 0 Å². The molecule has 0 aromatic heterocycles. The molecule has 0 amide bonds. The van der Waals surface area contributed by atoms with Crippen LogP contribution in [-0.2, 0) is 14.2 Å². The van der Waals surface area contributed by atoms with E-state index in [0.29, 0.717) is 32.3 Å². The van der Waals surface area contributed by atoms with Gasteiger partial charge in [-0.1, -0.05) is 6.42 Å². The third-order valence-electron chi connectivity index (χ3n) is 4.15. The standard InChI is InChI=1S/C14H29NO4/c1-15-14(12-16)6-3-4-13(14)5-7-18-10-11-19-9-8-17-2/h13,15-16H,3-12H2,1-2H3. The molecular formula is C14H29NO4. The normalized spacial score (nSPS) is 27.0. The van der Waals surface area contributed by atoms with Crippen molar-refractivity contribution in [2.24, 2.45) is 5.92 Å². The van der Waals surface area contributed by atoms with Crippen molar-refractivity contribution in [3.8, 4) is 0 Å². The van der Waals surface area contributed by atoms with Gasteiger partial charge in [-0.05, 0) is 32.2 Å². The summed E-state index contributed by atoms with van der Waals surface area (Å²) in [6, 6.07) is 0. The Morgan fingerprint density at radius 1 is 1.16 bits per heavy atom. The van der Waals surface area contributed by atoms with E-state index >= 15 is 0 Å². The fourth-order valence-electron chi connectivity index (χ4n) is 2.87. The molecule has 0 aromatic rings. The summed E-state index contributed by atoms with van der Waals surface area (Å²) in [5.41, 5.74) is -0.0850. The van der Waals surface area contributed by atoms with Crippen LogP contribution in [0, 0.1) is 5.92 Å². The molecule has 0 heterocycles. The van der Waals surface area contributed by atoms with Gasteiger partial charge in [0.1, 0.15) is 0 Å². The smallest absolute Gasteiger partial charge is 0.0701 e. The van der Waals surface area contributed by atoms with Crippen LogP contribution in [0.1, 0.15) is 25.7 Å². The van der Waals surface area contributed by atoms with Crippen LogP contribution in [-0.4, -0.2) is 64.4 Å². The Balaban J connectivity index is 2.05. The fraction of sp³-hybridized carbons (Fsp3) is 1.00. The highest BCUT2D eigenvalue weighted by molar-refractivity contribution is 4.97. The zero-order valence-electron chi connectivity index (χ0n) is 12.3. The predicted octanol–water partition coefficient (Wildman–Crippen LogP) is 0.807. The number of aliphatic hydroxyl groups excluding tert-OH is 1. The molecule has 114 valence electrons. The second-order valence-corrected chi connectivity index (χ2v) is 5.16. The molecule has 1 aliphatic carbocycles. The number of hydrogen-bond donors (Lipinski definition) is 2. The van der Waals surface area contributed by atoms with Gasteiger partial charge in [-0.25, -0.2) is 0 Å². The van der Waals surface area contributed by atoms with Crippen molar-refractivity contribution in [1.29, 1.82) is 0 Å². The number of ether oxygens (including phenoxy) is 3. The van der Waals surface area contributed by atoms with Crippen molar-refractivity contribution < 1.29 is 19.3 Å². The summed E-state index contributed by atoms with van der Waals surface area (Å²) >= 11 is 0. The summed E-state index contributed by atoms with van der Waals surface area (Å²) in [4.78, 5) is 0. The topological polar surface area (TPSA) is 60.0 Å². The summed E-state index contributed by atoms with van der Waals surface area (Å²) in [7, 11) is 3.61. The molecule has 0 aliphatic heterocycles. The largest absolute Gasteiger partial charge is 0.394 e. The average Bonchev–Trinajstić information content (AvgIpc) is 2.85. The Morgan fingerprint density at radius 2 is 1.84 bits per heavy atom. The van der Waals surface area contributed by atoms with Gasteiger partial charge in [0.2, 0.25) is 0 Å². The maximum atomic E-state index is 9.57. The van der Waals surface area contributed by atoms with Crippen LogP contribution < -0.4 is 5.32 Å². The first kappa shape index (κ1) is 16.9. The van der Waals surface area contributed by atoms with E-state index in [0.717, 1.165) is 19.4 Å². The van der Waals surface area contributed by atoms with E-state index in [2.05, 4.69) is 5.32 Å². The van der Waals surface area contributed by atoms with E-state index in [4.69, 9.17) is 14.2 Å². The zero-order chi connectivity index (χ0) is 14.0. The fourth-order valence-corrected chi connectivity index (χ4v) is 2.87. The minimum Gasteiger partial charge on any atom is -0.394 e. The van der Waals surface area contributed by atoms with Gasteiger partial charge in [-0.3, -0.25) is 0 Å². The lowest BCUT2D eigenvalue weighted by Gasteiger charge is -2.33. The first-order valence-electron chi connectivity index (χ1n) is 7.23. The van der Waals surface area contributed by atoms with Gasteiger partial charge < -0.3 is 24.6 Å². The highest BCUT2D eigenvalue weighted by Crippen LogP contribution is 2.37. The highest BCUT2D eigenvalue weighted by atomic mass is 16.5. The molecule has 5 heteroatoms. The molecule has 1 fully saturated rings. The van der Waals surface area contributed by atoms with Gasteiger partial charge in [0.05, 0.1) is 33.0 Å². The highest BCUT2D eigenvalue weighted by Gasteiger charge is 2.40. The third-order valence-corrected chi connectivity index (χ3v) is 4.15.